The fourth-order valence-corrected chi connectivity index (χ4v) is 5.23. The van der Waals surface area contributed by atoms with Gasteiger partial charge < -0.3 is 10.1 Å². The number of nitrogens with zero attached hydrogens (tertiary/aromatic N) is 1. The molecule has 0 spiro atoms. The predicted molar refractivity (Wildman–Crippen MR) is 102 cm³/mol. The van der Waals surface area contributed by atoms with Crippen LogP contribution in [0.5, 0.6) is 0 Å². The molecule has 1 amide bonds. The Hall–Kier alpha value is -1.60. The summed E-state index contributed by atoms with van der Waals surface area (Å²) in [5.41, 5.74) is 1.81. The summed E-state index contributed by atoms with van der Waals surface area (Å²) in [6.45, 7) is 2.78. The molecule has 1 heterocycles. The van der Waals surface area contributed by atoms with Crippen LogP contribution in [0, 0.1) is 5.92 Å². The van der Waals surface area contributed by atoms with Gasteiger partial charge in [0.05, 0.1) is 17.5 Å². The van der Waals surface area contributed by atoms with E-state index in [0.717, 1.165) is 36.9 Å². The van der Waals surface area contributed by atoms with Crippen molar-refractivity contribution >= 4 is 21.6 Å². The molecule has 3 rings (SSSR count). The normalized spacial score (nSPS) is 22.9. The Bertz CT molecular complexity index is 735. The van der Waals surface area contributed by atoms with Gasteiger partial charge >= 0.3 is 0 Å². The van der Waals surface area contributed by atoms with E-state index in [1.807, 2.05) is 24.3 Å². The number of nitrogens with one attached hydrogen (secondary N) is 1. The zero-order valence-electron chi connectivity index (χ0n) is 15.3. The Morgan fingerprint density at radius 3 is 2.92 bits per heavy atom. The molecule has 1 aromatic carbocycles. The highest BCUT2D eigenvalue weighted by Gasteiger charge is 2.28. The monoisotopic (exact) mass is 380 g/mol. The molecule has 26 heavy (non-hydrogen) atoms. The summed E-state index contributed by atoms with van der Waals surface area (Å²) in [4.78, 5) is 11.9. The van der Waals surface area contributed by atoms with Gasteiger partial charge in [0.15, 0.2) is 0 Å². The van der Waals surface area contributed by atoms with E-state index in [0.29, 0.717) is 12.5 Å². The number of carbonyl (C=O) groups is 1. The predicted octanol–water partition coefficient (Wildman–Crippen LogP) is 2.09. The molecule has 1 aliphatic heterocycles. The lowest BCUT2D eigenvalue weighted by molar-refractivity contribution is -0.128. The van der Waals surface area contributed by atoms with Crippen molar-refractivity contribution in [1.82, 2.24) is 5.32 Å². The minimum absolute atomic E-state index is 0.00395. The number of benzene rings is 1. The Morgan fingerprint density at radius 1 is 1.31 bits per heavy atom. The summed E-state index contributed by atoms with van der Waals surface area (Å²) in [5, 5.41) is 2.67. The third-order valence-corrected chi connectivity index (χ3v) is 6.97. The second-order valence-corrected chi connectivity index (χ2v) is 9.33. The van der Waals surface area contributed by atoms with E-state index in [2.05, 4.69) is 12.2 Å². The lowest BCUT2D eigenvalue weighted by Gasteiger charge is -2.26. The second-order valence-electron chi connectivity index (χ2n) is 7.32. The number of ether oxygens (including phenoxy) is 1. The summed E-state index contributed by atoms with van der Waals surface area (Å²) in [5.74, 6) is 0.290. The smallest absolute Gasteiger partial charge is 0.246 e. The Balaban J connectivity index is 1.42. The molecule has 2 atom stereocenters. The molecule has 1 aromatic rings. The molecule has 2 unspecified atom stereocenters. The first-order chi connectivity index (χ1) is 12.5. The zero-order chi connectivity index (χ0) is 18.6. The van der Waals surface area contributed by atoms with E-state index < -0.39 is 10.0 Å². The van der Waals surface area contributed by atoms with E-state index in [1.165, 1.54) is 10.7 Å². The van der Waals surface area contributed by atoms with Gasteiger partial charge in [-0.15, -0.1) is 0 Å². The lowest BCUT2D eigenvalue weighted by Crippen LogP contribution is -2.38. The van der Waals surface area contributed by atoms with Crippen LogP contribution in [0.1, 0.15) is 38.2 Å². The van der Waals surface area contributed by atoms with Crippen molar-refractivity contribution in [1.29, 1.82) is 0 Å². The summed E-state index contributed by atoms with van der Waals surface area (Å²) in [6, 6.07) is 7.55. The van der Waals surface area contributed by atoms with Crippen LogP contribution in [0.2, 0.25) is 0 Å². The van der Waals surface area contributed by atoms with E-state index in [1.54, 1.807) is 0 Å². The summed E-state index contributed by atoms with van der Waals surface area (Å²) >= 11 is 0. The zero-order valence-corrected chi connectivity index (χ0v) is 16.1. The Kier molecular flexibility index (Phi) is 6.19. The van der Waals surface area contributed by atoms with Gasteiger partial charge in [0.2, 0.25) is 15.9 Å². The third-order valence-electron chi connectivity index (χ3n) is 5.20. The van der Waals surface area contributed by atoms with Gasteiger partial charge in [-0.3, -0.25) is 9.10 Å². The van der Waals surface area contributed by atoms with Crippen LogP contribution in [-0.4, -0.2) is 45.9 Å². The topological polar surface area (TPSA) is 75.7 Å². The number of hydrogen-bond acceptors (Lipinski definition) is 4. The first-order valence-corrected chi connectivity index (χ1v) is 11.0. The molecular weight excluding hydrogens is 352 g/mol. The number of sulfonamides is 1. The van der Waals surface area contributed by atoms with E-state index in [9.17, 15) is 13.2 Å². The number of amides is 1. The van der Waals surface area contributed by atoms with Crippen molar-refractivity contribution in [3.63, 3.8) is 0 Å². The Morgan fingerprint density at radius 2 is 2.12 bits per heavy atom. The first-order valence-electron chi connectivity index (χ1n) is 9.42. The average Bonchev–Trinajstić information content (AvgIpc) is 3.05. The molecule has 2 aliphatic rings. The number of anilines is 1. The molecule has 1 aliphatic carbocycles. The van der Waals surface area contributed by atoms with E-state index in [-0.39, 0.29) is 30.9 Å². The average molecular weight is 381 g/mol. The van der Waals surface area contributed by atoms with Gasteiger partial charge in [-0.05, 0) is 36.8 Å². The molecule has 7 heteroatoms. The van der Waals surface area contributed by atoms with Crippen LogP contribution in [-0.2, 0) is 26.0 Å². The number of hydrogen-bond donors (Lipinski definition) is 1. The largest absolute Gasteiger partial charge is 0.368 e. The fourth-order valence-electron chi connectivity index (χ4n) is 3.80. The number of carbonyl (C=O) groups excluding carboxylic acids is 1. The highest BCUT2D eigenvalue weighted by atomic mass is 32.2. The molecule has 6 nitrogen and oxygen atoms in total. The molecule has 0 radical (unpaired) electrons. The van der Waals surface area contributed by atoms with Gasteiger partial charge in [0, 0.05) is 13.1 Å². The van der Waals surface area contributed by atoms with Crippen molar-refractivity contribution in [2.75, 3.05) is 29.8 Å². The van der Waals surface area contributed by atoms with Crippen LogP contribution in [0.3, 0.4) is 0 Å². The van der Waals surface area contributed by atoms with Gasteiger partial charge in [0.1, 0.15) is 6.61 Å². The number of para-hydroxylation sites is 1. The van der Waals surface area contributed by atoms with Gasteiger partial charge in [-0.2, -0.15) is 0 Å². The minimum Gasteiger partial charge on any atom is -0.368 e. The SMILES string of the molecule is CC1CCCC(OCC(=O)NCCS(=O)(=O)N2CCc3ccccc32)C1. The lowest BCUT2D eigenvalue weighted by atomic mass is 9.89. The Labute approximate surface area is 156 Å². The molecule has 1 N–H and O–H groups in total. The maximum absolute atomic E-state index is 12.6. The first kappa shape index (κ1) is 19.2. The summed E-state index contributed by atoms with van der Waals surface area (Å²) in [6.07, 6.45) is 5.24. The molecule has 144 valence electrons. The van der Waals surface area contributed by atoms with Crippen molar-refractivity contribution in [2.45, 2.75) is 45.1 Å². The highest BCUT2D eigenvalue weighted by Crippen LogP contribution is 2.29. The van der Waals surface area contributed by atoms with E-state index in [4.69, 9.17) is 4.74 Å². The maximum atomic E-state index is 12.6. The molecule has 0 bridgehead atoms. The molecule has 1 saturated carbocycles. The third kappa shape index (κ3) is 4.76. The van der Waals surface area contributed by atoms with Crippen LogP contribution in [0.4, 0.5) is 5.69 Å². The summed E-state index contributed by atoms with van der Waals surface area (Å²) < 4.78 is 32.2. The van der Waals surface area contributed by atoms with Crippen LogP contribution < -0.4 is 9.62 Å². The quantitative estimate of drug-likeness (QED) is 0.786. The highest BCUT2D eigenvalue weighted by molar-refractivity contribution is 7.92. The molecule has 0 aromatic heterocycles. The van der Waals surface area contributed by atoms with Gasteiger partial charge in [-0.25, -0.2) is 8.42 Å². The van der Waals surface area contributed by atoms with Crippen molar-refractivity contribution in [3.05, 3.63) is 29.8 Å². The summed E-state index contributed by atoms with van der Waals surface area (Å²) in [7, 11) is -3.43. The minimum atomic E-state index is -3.43. The van der Waals surface area contributed by atoms with E-state index >= 15 is 0 Å². The van der Waals surface area contributed by atoms with Crippen LogP contribution in [0.15, 0.2) is 24.3 Å². The van der Waals surface area contributed by atoms with Crippen molar-refractivity contribution in [3.8, 4) is 0 Å². The molecule has 0 saturated heterocycles. The number of rotatable bonds is 7. The van der Waals surface area contributed by atoms with Gasteiger partial charge in [-0.1, -0.05) is 38.0 Å². The van der Waals surface area contributed by atoms with Crippen LogP contribution >= 0.6 is 0 Å². The molecule has 1 fully saturated rings. The van der Waals surface area contributed by atoms with Crippen molar-refractivity contribution < 1.29 is 17.9 Å². The second kappa shape index (κ2) is 8.39. The van der Waals surface area contributed by atoms with Crippen molar-refractivity contribution in [2.24, 2.45) is 5.92 Å². The van der Waals surface area contributed by atoms with Gasteiger partial charge in [0.25, 0.3) is 0 Å². The fraction of sp³-hybridized carbons (Fsp3) is 0.632. The number of fused-ring (bicyclic) bond motifs is 1. The van der Waals surface area contributed by atoms with Crippen LogP contribution in [0.25, 0.3) is 0 Å². The standard InChI is InChI=1S/C19H28N2O4S/c1-15-5-4-7-17(13-15)25-14-19(22)20-10-12-26(23,24)21-11-9-16-6-2-3-8-18(16)21/h2-3,6,8,15,17H,4-5,7,9-14H2,1H3,(H,20,22). The molecular formula is C19H28N2O4S. The maximum Gasteiger partial charge on any atom is 0.246 e.